The molecule has 1 unspecified atom stereocenters. The second kappa shape index (κ2) is 5.10. The van der Waals surface area contributed by atoms with E-state index in [0.717, 1.165) is 27.6 Å². The standard InChI is InChI=1S/C13H17NO3S/c1-8-4-5-10(17-3)12-13(8)18-7-9(2)14(12)6-11(15)16/h4-5,9H,6-7H2,1-3H3,(H,15,16). The monoisotopic (exact) mass is 267 g/mol. The van der Waals surface area contributed by atoms with Crippen molar-refractivity contribution in [3.05, 3.63) is 17.7 Å². The Morgan fingerprint density at radius 3 is 2.94 bits per heavy atom. The first-order chi connectivity index (χ1) is 8.54. The molecule has 0 bridgehead atoms. The summed E-state index contributed by atoms with van der Waals surface area (Å²) in [6.07, 6.45) is 0. The van der Waals surface area contributed by atoms with Gasteiger partial charge in [0.1, 0.15) is 12.3 Å². The maximum atomic E-state index is 11.0. The summed E-state index contributed by atoms with van der Waals surface area (Å²) in [6.45, 7) is 4.09. The SMILES string of the molecule is COc1ccc(C)c2c1N(CC(=O)O)C(C)CS2. The number of fused-ring (bicyclic) bond motifs is 1. The minimum Gasteiger partial charge on any atom is -0.495 e. The Kier molecular flexibility index (Phi) is 3.71. The highest BCUT2D eigenvalue weighted by molar-refractivity contribution is 7.99. The van der Waals surface area contributed by atoms with Crippen LogP contribution in [0.25, 0.3) is 0 Å². The molecule has 1 aromatic carbocycles. The zero-order chi connectivity index (χ0) is 13.3. The smallest absolute Gasteiger partial charge is 0.323 e. The van der Waals surface area contributed by atoms with E-state index in [2.05, 4.69) is 0 Å². The number of aryl methyl sites for hydroxylation is 1. The van der Waals surface area contributed by atoms with E-state index in [9.17, 15) is 4.79 Å². The van der Waals surface area contributed by atoms with Crippen molar-refractivity contribution in [1.29, 1.82) is 0 Å². The Bertz CT molecular complexity index is 476. The molecule has 0 saturated carbocycles. The molecule has 1 aliphatic rings. The summed E-state index contributed by atoms with van der Waals surface area (Å²) < 4.78 is 5.38. The fourth-order valence-corrected chi connectivity index (χ4v) is 3.41. The maximum Gasteiger partial charge on any atom is 0.323 e. The first-order valence-corrected chi connectivity index (χ1v) is 6.82. The summed E-state index contributed by atoms with van der Waals surface area (Å²) in [5.74, 6) is 0.827. The number of carbonyl (C=O) groups is 1. The van der Waals surface area contributed by atoms with E-state index in [1.807, 2.05) is 30.9 Å². The van der Waals surface area contributed by atoms with Crippen LogP contribution in [-0.2, 0) is 4.79 Å². The topological polar surface area (TPSA) is 49.8 Å². The third-order valence-electron chi connectivity index (χ3n) is 3.10. The van der Waals surface area contributed by atoms with Crippen LogP contribution in [-0.4, -0.2) is 36.5 Å². The number of ether oxygens (including phenoxy) is 1. The molecule has 0 amide bonds. The van der Waals surface area contributed by atoms with E-state index in [1.54, 1.807) is 18.9 Å². The maximum absolute atomic E-state index is 11.0. The number of nitrogens with zero attached hydrogens (tertiary/aromatic N) is 1. The number of hydrogen-bond acceptors (Lipinski definition) is 4. The Morgan fingerprint density at radius 2 is 2.33 bits per heavy atom. The number of methoxy groups -OCH3 is 1. The van der Waals surface area contributed by atoms with Gasteiger partial charge in [0.05, 0.1) is 12.8 Å². The molecule has 1 heterocycles. The van der Waals surface area contributed by atoms with Crippen LogP contribution in [0.3, 0.4) is 0 Å². The summed E-state index contributed by atoms with van der Waals surface area (Å²) >= 11 is 1.77. The van der Waals surface area contributed by atoms with Gasteiger partial charge in [-0.05, 0) is 25.5 Å². The second-order valence-corrected chi connectivity index (χ2v) is 5.47. The number of thioether (sulfide) groups is 1. The molecule has 18 heavy (non-hydrogen) atoms. The molecule has 1 aliphatic heterocycles. The highest BCUT2D eigenvalue weighted by atomic mass is 32.2. The number of anilines is 1. The van der Waals surface area contributed by atoms with Crippen LogP contribution in [0, 0.1) is 6.92 Å². The van der Waals surface area contributed by atoms with Gasteiger partial charge in [-0.15, -0.1) is 11.8 Å². The van der Waals surface area contributed by atoms with Crippen molar-refractivity contribution in [1.82, 2.24) is 0 Å². The summed E-state index contributed by atoms with van der Waals surface area (Å²) in [6, 6.07) is 4.11. The van der Waals surface area contributed by atoms with Gasteiger partial charge in [-0.25, -0.2) is 0 Å². The van der Waals surface area contributed by atoms with E-state index in [4.69, 9.17) is 9.84 Å². The van der Waals surface area contributed by atoms with Crippen molar-refractivity contribution >= 4 is 23.4 Å². The third kappa shape index (κ3) is 2.27. The largest absolute Gasteiger partial charge is 0.495 e. The van der Waals surface area contributed by atoms with Crippen molar-refractivity contribution in [2.45, 2.75) is 24.8 Å². The lowest BCUT2D eigenvalue weighted by atomic mass is 10.1. The summed E-state index contributed by atoms with van der Waals surface area (Å²) in [5, 5.41) is 9.05. The minimum atomic E-state index is -0.816. The zero-order valence-electron chi connectivity index (χ0n) is 10.8. The number of benzene rings is 1. The molecule has 0 radical (unpaired) electrons. The number of carboxylic acid groups (broad SMARTS) is 1. The van der Waals surface area contributed by atoms with Gasteiger partial charge in [0, 0.05) is 16.7 Å². The average Bonchev–Trinajstić information content (AvgIpc) is 2.33. The molecule has 0 aliphatic carbocycles. The fourth-order valence-electron chi connectivity index (χ4n) is 2.17. The van der Waals surface area contributed by atoms with Crippen LogP contribution < -0.4 is 9.64 Å². The van der Waals surface area contributed by atoms with Crippen molar-refractivity contribution in [3.63, 3.8) is 0 Å². The number of hydrogen-bond donors (Lipinski definition) is 1. The third-order valence-corrected chi connectivity index (χ3v) is 4.56. The van der Waals surface area contributed by atoms with E-state index in [1.165, 1.54) is 0 Å². The van der Waals surface area contributed by atoms with Gasteiger partial charge in [0.25, 0.3) is 0 Å². The summed E-state index contributed by atoms with van der Waals surface area (Å²) in [7, 11) is 1.62. The van der Waals surface area contributed by atoms with Crippen LogP contribution in [0.5, 0.6) is 5.75 Å². The van der Waals surface area contributed by atoms with Gasteiger partial charge in [-0.2, -0.15) is 0 Å². The van der Waals surface area contributed by atoms with Crippen LogP contribution in [0.15, 0.2) is 17.0 Å². The van der Waals surface area contributed by atoms with Gasteiger partial charge in [0.2, 0.25) is 0 Å². The van der Waals surface area contributed by atoms with Crippen molar-refractivity contribution < 1.29 is 14.6 Å². The summed E-state index contributed by atoms with van der Waals surface area (Å²) in [4.78, 5) is 14.1. The van der Waals surface area contributed by atoms with Crippen LogP contribution in [0.1, 0.15) is 12.5 Å². The molecule has 1 atom stereocenters. The van der Waals surface area contributed by atoms with Crippen LogP contribution >= 0.6 is 11.8 Å². The molecular weight excluding hydrogens is 250 g/mol. The molecule has 5 heteroatoms. The molecule has 0 spiro atoms. The first kappa shape index (κ1) is 13.1. The Labute approximate surface area is 111 Å². The lowest BCUT2D eigenvalue weighted by Gasteiger charge is -2.37. The quantitative estimate of drug-likeness (QED) is 0.911. The molecule has 1 N–H and O–H groups in total. The number of carboxylic acids is 1. The van der Waals surface area contributed by atoms with Gasteiger partial charge < -0.3 is 14.7 Å². The normalized spacial score (nSPS) is 18.4. The molecule has 2 rings (SSSR count). The highest BCUT2D eigenvalue weighted by Gasteiger charge is 2.29. The average molecular weight is 267 g/mol. The minimum absolute atomic E-state index is 0.00847. The predicted octanol–water partition coefficient (Wildman–Crippen LogP) is 2.39. The molecule has 0 saturated heterocycles. The molecule has 1 aromatic rings. The van der Waals surface area contributed by atoms with Gasteiger partial charge in [-0.3, -0.25) is 4.79 Å². The summed E-state index contributed by atoms with van der Waals surface area (Å²) in [5.41, 5.74) is 2.08. The van der Waals surface area contributed by atoms with Crippen LogP contribution in [0.4, 0.5) is 5.69 Å². The van der Waals surface area contributed by atoms with E-state index in [-0.39, 0.29) is 12.6 Å². The predicted molar refractivity (Wildman–Crippen MR) is 72.9 cm³/mol. The van der Waals surface area contributed by atoms with Gasteiger partial charge >= 0.3 is 5.97 Å². The van der Waals surface area contributed by atoms with E-state index in [0.29, 0.717) is 0 Å². The van der Waals surface area contributed by atoms with Crippen molar-refractivity contribution in [2.75, 3.05) is 24.3 Å². The van der Waals surface area contributed by atoms with Crippen molar-refractivity contribution in [3.8, 4) is 5.75 Å². The molecule has 0 aromatic heterocycles. The van der Waals surface area contributed by atoms with E-state index >= 15 is 0 Å². The Hall–Kier alpha value is -1.36. The molecule has 0 fully saturated rings. The second-order valence-electron chi connectivity index (χ2n) is 4.44. The lowest BCUT2D eigenvalue weighted by molar-refractivity contribution is -0.135. The van der Waals surface area contributed by atoms with Gasteiger partial charge in [-0.1, -0.05) is 6.07 Å². The molecule has 4 nitrogen and oxygen atoms in total. The van der Waals surface area contributed by atoms with Gasteiger partial charge in [0.15, 0.2) is 0 Å². The lowest BCUT2D eigenvalue weighted by Crippen LogP contribution is -2.41. The van der Waals surface area contributed by atoms with Crippen molar-refractivity contribution in [2.24, 2.45) is 0 Å². The van der Waals surface area contributed by atoms with Crippen LogP contribution in [0.2, 0.25) is 0 Å². The molecule has 98 valence electrons. The first-order valence-electron chi connectivity index (χ1n) is 5.83. The number of aliphatic carboxylic acids is 1. The molecular formula is C13H17NO3S. The fraction of sp³-hybridized carbons (Fsp3) is 0.462. The Morgan fingerprint density at radius 1 is 1.61 bits per heavy atom. The number of rotatable bonds is 3. The zero-order valence-corrected chi connectivity index (χ0v) is 11.6. The highest BCUT2D eigenvalue weighted by Crippen LogP contribution is 2.45. The van der Waals surface area contributed by atoms with E-state index < -0.39 is 5.97 Å². The Balaban J connectivity index is 2.52.